The summed E-state index contributed by atoms with van der Waals surface area (Å²) in [5.41, 5.74) is 0. The molecule has 116 valence electrons. The second-order valence-electron chi connectivity index (χ2n) is 6.19. The summed E-state index contributed by atoms with van der Waals surface area (Å²) in [4.78, 5) is 13.9. The van der Waals surface area contributed by atoms with Crippen LogP contribution >= 0.6 is 0 Å². The first-order valence-corrected chi connectivity index (χ1v) is 7.87. The minimum atomic E-state index is -0.410. The van der Waals surface area contributed by atoms with Gasteiger partial charge in [-0.3, -0.25) is 4.90 Å². The minimum Gasteiger partial charge on any atom is -0.463 e. The van der Waals surface area contributed by atoms with E-state index in [0.717, 1.165) is 37.9 Å². The van der Waals surface area contributed by atoms with Crippen molar-refractivity contribution in [3.8, 4) is 0 Å². The average molecular weight is 292 g/mol. The number of rotatable bonds is 7. The maximum absolute atomic E-state index is 11.4. The zero-order chi connectivity index (χ0) is 14.7. The summed E-state index contributed by atoms with van der Waals surface area (Å²) in [7, 11) is 1.37. The fraction of sp³-hybridized carbons (Fsp3) is 0.688. The SMILES string of the molecule is COC(=O)c1ccc(CN(CC2CC2)CC2CCCN2)o1. The molecule has 0 spiro atoms. The topological polar surface area (TPSA) is 54.7 Å². The molecule has 1 aromatic rings. The molecule has 1 saturated carbocycles. The Labute approximate surface area is 125 Å². The Balaban J connectivity index is 1.59. The Kier molecular flexibility index (Phi) is 4.60. The van der Waals surface area contributed by atoms with E-state index in [4.69, 9.17) is 4.42 Å². The fourth-order valence-corrected chi connectivity index (χ4v) is 2.99. The first-order chi connectivity index (χ1) is 10.2. The molecule has 5 nitrogen and oxygen atoms in total. The molecule has 2 fully saturated rings. The Bertz CT molecular complexity index is 476. The molecular formula is C16H24N2O3. The van der Waals surface area contributed by atoms with Gasteiger partial charge in [-0.15, -0.1) is 0 Å². The Morgan fingerprint density at radius 3 is 2.90 bits per heavy atom. The molecule has 1 saturated heterocycles. The van der Waals surface area contributed by atoms with Crippen molar-refractivity contribution in [2.75, 3.05) is 26.7 Å². The maximum atomic E-state index is 11.4. The van der Waals surface area contributed by atoms with Crippen LogP contribution in [0.15, 0.2) is 16.5 Å². The van der Waals surface area contributed by atoms with Crippen molar-refractivity contribution in [3.05, 3.63) is 23.7 Å². The van der Waals surface area contributed by atoms with Crippen molar-refractivity contribution in [1.82, 2.24) is 10.2 Å². The van der Waals surface area contributed by atoms with E-state index in [2.05, 4.69) is 15.0 Å². The fourth-order valence-electron chi connectivity index (χ4n) is 2.99. The molecule has 2 heterocycles. The highest BCUT2D eigenvalue weighted by Crippen LogP contribution is 2.30. The Morgan fingerprint density at radius 2 is 2.24 bits per heavy atom. The van der Waals surface area contributed by atoms with Crippen LogP contribution in [0.4, 0.5) is 0 Å². The highest BCUT2D eigenvalue weighted by atomic mass is 16.5. The average Bonchev–Trinajstić information content (AvgIpc) is 2.96. The molecule has 1 aromatic heterocycles. The lowest BCUT2D eigenvalue weighted by Crippen LogP contribution is -2.38. The Hall–Kier alpha value is -1.33. The van der Waals surface area contributed by atoms with E-state index < -0.39 is 5.97 Å². The van der Waals surface area contributed by atoms with Crippen molar-refractivity contribution in [2.45, 2.75) is 38.3 Å². The zero-order valence-corrected chi connectivity index (χ0v) is 12.6. The zero-order valence-electron chi connectivity index (χ0n) is 12.6. The molecule has 2 aliphatic rings. The van der Waals surface area contributed by atoms with Gasteiger partial charge in [0.1, 0.15) is 5.76 Å². The first-order valence-electron chi connectivity index (χ1n) is 7.87. The number of hydrogen-bond acceptors (Lipinski definition) is 5. The standard InChI is InChI=1S/C16H24N2O3/c1-20-16(19)15-7-6-14(21-15)11-18(9-12-4-5-12)10-13-3-2-8-17-13/h6-7,12-13,17H,2-5,8-11H2,1H3. The molecule has 0 aromatic carbocycles. The van der Waals surface area contributed by atoms with Crippen LogP contribution in [0.25, 0.3) is 0 Å². The molecule has 1 aliphatic carbocycles. The lowest BCUT2D eigenvalue weighted by atomic mass is 10.2. The molecule has 1 atom stereocenters. The molecule has 0 radical (unpaired) electrons. The van der Waals surface area contributed by atoms with Crippen LogP contribution in [0.5, 0.6) is 0 Å². The van der Waals surface area contributed by atoms with Crippen LogP contribution in [-0.2, 0) is 11.3 Å². The van der Waals surface area contributed by atoms with Crippen molar-refractivity contribution in [3.63, 3.8) is 0 Å². The molecule has 1 aliphatic heterocycles. The summed E-state index contributed by atoms with van der Waals surface area (Å²) < 4.78 is 10.3. The second kappa shape index (κ2) is 6.62. The predicted molar refractivity (Wildman–Crippen MR) is 79.1 cm³/mol. The number of hydrogen-bond donors (Lipinski definition) is 1. The summed E-state index contributed by atoms with van der Waals surface area (Å²) in [6, 6.07) is 4.18. The second-order valence-corrected chi connectivity index (χ2v) is 6.19. The van der Waals surface area contributed by atoms with Crippen molar-refractivity contribution in [1.29, 1.82) is 0 Å². The van der Waals surface area contributed by atoms with Gasteiger partial charge in [0.2, 0.25) is 5.76 Å². The van der Waals surface area contributed by atoms with E-state index in [1.807, 2.05) is 6.07 Å². The van der Waals surface area contributed by atoms with Gasteiger partial charge in [0.05, 0.1) is 13.7 Å². The van der Waals surface area contributed by atoms with Gasteiger partial charge in [0.15, 0.2) is 0 Å². The largest absolute Gasteiger partial charge is 0.463 e. The number of nitrogens with zero attached hydrogens (tertiary/aromatic N) is 1. The number of nitrogens with one attached hydrogen (secondary N) is 1. The summed E-state index contributed by atoms with van der Waals surface area (Å²) >= 11 is 0. The number of carbonyl (C=O) groups excluding carboxylic acids is 1. The van der Waals surface area contributed by atoms with E-state index in [0.29, 0.717) is 6.04 Å². The van der Waals surface area contributed by atoms with Gasteiger partial charge in [-0.05, 0) is 50.3 Å². The van der Waals surface area contributed by atoms with Crippen LogP contribution in [0.1, 0.15) is 42.0 Å². The van der Waals surface area contributed by atoms with Crippen molar-refractivity contribution >= 4 is 5.97 Å². The van der Waals surface area contributed by atoms with Crippen molar-refractivity contribution < 1.29 is 13.9 Å². The highest BCUT2D eigenvalue weighted by molar-refractivity contribution is 5.86. The minimum absolute atomic E-state index is 0.290. The number of methoxy groups -OCH3 is 1. The normalized spacial score (nSPS) is 21.9. The molecular weight excluding hydrogens is 268 g/mol. The van der Waals surface area contributed by atoms with Crippen molar-refractivity contribution in [2.24, 2.45) is 5.92 Å². The lowest BCUT2D eigenvalue weighted by molar-refractivity contribution is 0.0560. The summed E-state index contributed by atoms with van der Waals surface area (Å²) in [6.07, 6.45) is 5.22. The smallest absolute Gasteiger partial charge is 0.373 e. The van der Waals surface area contributed by atoms with Gasteiger partial charge < -0.3 is 14.5 Å². The van der Waals surface area contributed by atoms with E-state index in [1.54, 1.807) is 6.07 Å². The van der Waals surface area contributed by atoms with Gasteiger partial charge in [-0.2, -0.15) is 0 Å². The van der Waals surface area contributed by atoms with Crippen LogP contribution in [-0.4, -0.2) is 43.7 Å². The Morgan fingerprint density at radius 1 is 1.38 bits per heavy atom. The van der Waals surface area contributed by atoms with E-state index in [-0.39, 0.29) is 5.76 Å². The third kappa shape index (κ3) is 4.08. The first kappa shape index (κ1) is 14.6. The quantitative estimate of drug-likeness (QED) is 0.779. The van der Waals surface area contributed by atoms with Crippen LogP contribution < -0.4 is 5.32 Å². The maximum Gasteiger partial charge on any atom is 0.373 e. The van der Waals surface area contributed by atoms with Gasteiger partial charge in [0.25, 0.3) is 0 Å². The number of carbonyl (C=O) groups is 1. The van der Waals surface area contributed by atoms with E-state index in [1.165, 1.54) is 32.8 Å². The predicted octanol–water partition coefficient (Wildman–Crippen LogP) is 2.03. The van der Waals surface area contributed by atoms with Crippen LogP contribution in [0.2, 0.25) is 0 Å². The highest BCUT2D eigenvalue weighted by Gasteiger charge is 2.27. The number of ether oxygens (including phenoxy) is 1. The van der Waals surface area contributed by atoms with Crippen LogP contribution in [0, 0.1) is 5.92 Å². The molecule has 21 heavy (non-hydrogen) atoms. The van der Waals surface area contributed by atoms with Gasteiger partial charge >= 0.3 is 5.97 Å². The molecule has 1 N–H and O–H groups in total. The third-order valence-corrected chi connectivity index (χ3v) is 4.28. The summed E-state index contributed by atoms with van der Waals surface area (Å²) in [5.74, 6) is 1.57. The van der Waals surface area contributed by atoms with Crippen LogP contribution in [0.3, 0.4) is 0 Å². The molecule has 1 unspecified atom stereocenters. The van der Waals surface area contributed by atoms with E-state index in [9.17, 15) is 4.79 Å². The monoisotopic (exact) mass is 292 g/mol. The van der Waals surface area contributed by atoms with E-state index >= 15 is 0 Å². The summed E-state index contributed by atoms with van der Waals surface area (Å²) in [6.45, 7) is 4.10. The lowest BCUT2D eigenvalue weighted by Gasteiger charge is -2.24. The third-order valence-electron chi connectivity index (χ3n) is 4.28. The van der Waals surface area contributed by atoms with Gasteiger partial charge in [0, 0.05) is 19.1 Å². The molecule has 0 bridgehead atoms. The molecule has 3 rings (SSSR count). The molecule has 5 heteroatoms. The summed E-state index contributed by atoms with van der Waals surface area (Å²) in [5, 5.41) is 3.55. The number of esters is 1. The van der Waals surface area contributed by atoms with Gasteiger partial charge in [-0.1, -0.05) is 0 Å². The van der Waals surface area contributed by atoms with Gasteiger partial charge in [-0.25, -0.2) is 4.79 Å². The number of furan rings is 1. The molecule has 0 amide bonds.